The fourth-order valence-electron chi connectivity index (χ4n) is 3.40. The third-order valence-electron chi connectivity index (χ3n) is 4.75. The van der Waals surface area contributed by atoms with E-state index in [9.17, 15) is 0 Å². The summed E-state index contributed by atoms with van der Waals surface area (Å²) >= 11 is 0. The van der Waals surface area contributed by atoms with Gasteiger partial charge >= 0.3 is 0 Å². The first kappa shape index (κ1) is 17.8. The van der Waals surface area contributed by atoms with E-state index < -0.39 is 5.72 Å². The summed E-state index contributed by atoms with van der Waals surface area (Å²) in [5, 5.41) is 10.5. The molecule has 1 aromatic rings. The molecule has 0 bridgehead atoms. The average Bonchev–Trinajstić information content (AvgIpc) is 2.95. The van der Waals surface area contributed by atoms with E-state index in [1.807, 2.05) is 18.2 Å². The standard InChI is InChI=1S/C20H22N4O2/c1-4-17-18(5-2)25-13-16(20(17)23-19(22)24(3)26-20)10-9-14-7-6-8-15(11-14)12-21/h4-8,11,16H,1-2,9-10,13H2,3H3,(H2,22,23). The van der Waals surface area contributed by atoms with E-state index >= 15 is 0 Å². The molecule has 0 radical (unpaired) electrons. The minimum atomic E-state index is -0.963. The molecule has 26 heavy (non-hydrogen) atoms. The van der Waals surface area contributed by atoms with E-state index in [1.165, 1.54) is 5.06 Å². The van der Waals surface area contributed by atoms with Gasteiger partial charge in [-0.15, -0.1) is 0 Å². The maximum atomic E-state index is 9.07. The van der Waals surface area contributed by atoms with Crippen molar-refractivity contribution in [3.8, 4) is 6.07 Å². The number of allylic oxidation sites excluding steroid dienone is 1. The fraction of sp³-hybridized carbons (Fsp3) is 0.300. The highest BCUT2D eigenvalue weighted by Crippen LogP contribution is 2.44. The summed E-state index contributed by atoms with van der Waals surface area (Å²) in [5.41, 5.74) is 7.48. The predicted octanol–water partition coefficient (Wildman–Crippen LogP) is 2.65. The molecule has 3 rings (SSSR count). The molecule has 6 nitrogen and oxygen atoms in total. The van der Waals surface area contributed by atoms with E-state index in [1.54, 1.807) is 25.3 Å². The number of nitriles is 1. The first-order valence-corrected chi connectivity index (χ1v) is 8.43. The Hall–Kier alpha value is -3.04. The van der Waals surface area contributed by atoms with Gasteiger partial charge < -0.3 is 10.5 Å². The monoisotopic (exact) mass is 350 g/mol. The lowest BCUT2D eigenvalue weighted by molar-refractivity contribution is -0.186. The van der Waals surface area contributed by atoms with Gasteiger partial charge in [-0.3, -0.25) is 0 Å². The zero-order chi connectivity index (χ0) is 18.7. The van der Waals surface area contributed by atoms with Crippen LogP contribution < -0.4 is 5.73 Å². The first-order valence-electron chi connectivity index (χ1n) is 8.43. The van der Waals surface area contributed by atoms with E-state index in [0.717, 1.165) is 24.0 Å². The normalized spacial score (nSPS) is 24.8. The zero-order valence-electron chi connectivity index (χ0n) is 14.8. The topological polar surface area (TPSA) is 83.9 Å². The Balaban J connectivity index is 1.91. The molecule has 0 amide bonds. The van der Waals surface area contributed by atoms with Gasteiger partial charge in [-0.1, -0.05) is 31.4 Å². The molecule has 2 aliphatic rings. The lowest BCUT2D eigenvalue weighted by Crippen LogP contribution is -2.46. The van der Waals surface area contributed by atoms with Crippen LogP contribution in [-0.4, -0.2) is 30.4 Å². The molecule has 1 aromatic carbocycles. The quantitative estimate of drug-likeness (QED) is 0.882. The number of ether oxygens (including phenoxy) is 1. The second-order valence-corrected chi connectivity index (χ2v) is 6.30. The van der Waals surface area contributed by atoms with Gasteiger partial charge in [-0.05, 0) is 36.6 Å². The second-order valence-electron chi connectivity index (χ2n) is 6.30. The Bertz CT molecular complexity index is 836. The molecule has 0 aromatic heterocycles. The van der Waals surface area contributed by atoms with Gasteiger partial charge in [-0.25, -0.2) is 14.9 Å². The molecule has 2 atom stereocenters. The lowest BCUT2D eigenvalue weighted by atomic mass is 9.82. The molecular formula is C20H22N4O2. The predicted molar refractivity (Wildman–Crippen MR) is 99.5 cm³/mol. The molecule has 2 unspecified atom stereocenters. The molecule has 0 fully saturated rings. The summed E-state index contributed by atoms with van der Waals surface area (Å²) in [7, 11) is 1.73. The van der Waals surface area contributed by atoms with E-state index in [4.69, 9.17) is 20.6 Å². The van der Waals surface area contributed by atoms with Crippen LogP contribution in [-0.2, 0) is 16.0 Å². The minimum absolute atomic E-state index is 0.0616. The summed E-state index contributed by atoms with van der Waals surface area (Å²) in [6.07, 6.45) is 4.84. The van der Waals surface area contributed by atoms with Gasteiger partial charge in [0.25, 0.3) is 0 Å². The van der Waals surface area contributed by atoms with Crippen molar-refractivity contribution in [2.45, 2.75) is 18.6 Å². The Kier molecular flexibility index (Phi) is 4.83. The highest BCUT2D eigenvalue weighted by atomic mass is 16.7. The van der Waals surface area contributed by atoms with Crippen LogP contribution in [0.4, 0.5) is 0 Å². The molecule has 6 heteroatoms. The van der Waals surface area contributed by atoms with Crippen molar-refractivity contribution in [3.63, 3.8) is 0 Å². The number of guanidine groups is 1. The van der Waals surface area contributed by atoms with Crippen LogP contribution in [0.3, 0.4) is 0 Å². The summed E-state index contributed by atoms with van der Waals surface area (Å²) < 4.78 is 5.86. The summed E-state index contributed by atoms with van der Waals surface area (Å²) in [6, 6.07) is 9.76. The number of nitrogens with zero attached hydrogens (tertiary/aromatic N) is 3. The zero-order valence-corrected chi connectivity index (χ0v) is 14.8. The van der Waals surface area contributed by atoms with Crippen molar-refractivity contribution < 1.29 is 9.57 Å². The number of aryl methyl sites for hydroxylation is 1. The first-order chi connectivity index (χ1) is 12.5. The Morgan fingerprint density at radius 2 is 2.27 bits per heavy atom. The van der Waals surface area contributed by atoms with Crippen molar-refractivity contribution in [1.82, 2.24) is 5.06 Å². The number of nitrogens with two attached hydrogens (primary N) is 1. The van der Waals surface area contributed by atoms with Crippen LogP contribution in [0, 0.1) is 17.2 Å². The van der Waals surface area contributed by atoms with Crippen LogP contribution in [0.15, 0.2) is 65.9 Å². The van der Waals surface area contributed by atoms with Crippen molar-refractivity contribution in [2.75, 3.05) is 13.7 Å². The maximum Gasteiger partial charge on any atom is 0.224 e. The summed E-state index contributed by atoms with van der Waals surface area (Å²) in [5.74, 6) is 0.856. The van der Waals surface area contributed by atoms with Crippen LogP contribution in [0.1, 0.15) is 17.5 Å². The maximum absolute atomic E-state index is 9.07. The van der Waals surface area contributed by atoms with E-state index in [2.05, 4.69) is 24.2 Å². The third kappa shape index (κ3) is 2.98. The highest BCUT2D eigenvalue weighted by molar-refractivity contribution is 5.79. The second kappa shape index (κ2) is 7.06. The third-order valence-corrected chi connectivity index (χ3v) is 4.75. The molecule has 2 N–H and O–H groups in total. The molecule has 2 heterocycles. The van der Waals surface area contributed by atoms with Gasteiger partial charge in [0.05, 0.1) is 29.7 Å². The van der Waals surface area contributed by atoms with Crippen molar-refractivity contribution in [1.29, 1.82) is 5.26 Å². The van der Waals surface area contributed by atoms with Crippen LogP contribution in [0.5, 0.6) is 0 Å². The smallest absolute Gasteiger partial charge is 0.224 e. The van der Waals surface area contributed by atoms with E-state index in [0.29, 0.717) is 23.9 Å². The Labute approximate surface area is 153 Å². The van der Waals surface area contributed by atoms with E-state index in [-0.39, 0.29) is 5.92 Å². The van der Waals surface area contributed by atoms with Crippen LogP contribution >= 0.6 is 0 Å². The number of benzene rings is 1. The molecule has 2 aliphatic heterocycles. The molecular weight excluding hydrogens is 328 g/mol. The van der Waals surface area contributed by atoms with Crippen LogP contribution in [0.2, 0.25) is 0 Å². The van der Waals surface area contributed by atoms with Gasteiger partial charge in [0.15, 0.2) is 0 Å². The molecule has 0 saturated carbocycles. The average molecular weight is 350 g/mol. The lowest BCUT2D eigenvalue weighted by Gasteiger charge is -2.39. The van der Waals surface area contributed by atoms with Crippen molar-refractivity contribution >= 4 is 5.96 Å². The number of hydrogen-bond donors (Lipinski definition) is 1. The number of hydroxylamine groups is 2. The minimum Gasteiger partial charge on any atom is -0.493 e. The van der Waals surface area contributed by atoms with Gasteiger partial charge in [0.2, 0.25) is 11.7 Å². The molecule has 0 aliphatic carbocycles. The number of rotatable bonds is 5. The highest BCUT2D eigenvalue weighted by Gasteiger charge is 2.52. The van der Waals surface area contributed by atoms with Crippen LogP contribution in [0.25, 0.3) is 0 Å². The van der Waals surface area contributed by atoms with Gasteiger partial charge in [0.1, 0.15) is 5.76 Å². The van der Waals surface area contributed by atoms with Crippen molar-refractivity contribution in [3.05, 3.63) is 72.0 Å². The van der Waals surface area contributed by atoms with Gasteiger partial charge in [0, 0.05) is 7.05 Å². The fourth-order valence-corrected chi connectivity index (χ4v) is 3.40. The number of aliphatic imine (C=N–C) groups is 1. The van der Waals surface area contributed by atoms with Gasteiger partial charge in [-0.2, -0.15) is 5.26 Å². The summed E-state index contributed by atoms with van der Waals surface area (Å²) in [6.45, 7) is 8.13. The summed E-state index contributed by atoms with van der Waals surface area (Å²) in [4.78, 5) is 10.7. The van der Waals surface area contributed by atoms with Crippen molar-refractivity contribution in [2.24, 2.45) is 16.6 Å². The molecule has 1 spiro atoms. The molecule has 0 saturated heterocycles. The SMILES string of the molecule is C=CC1=C(C=C)C2(N=C(N)N(C)O2)C(CCc2cccc(C#N)c2)CO1. The Morgan fingerprint density at radius 1 is 1.46 bits per heavy atom. The number of hydrogen-bond acceptors (Lipinski definition) is 6. The largest absolute Gasteiger partial charge is 0.493 e. The Morgan fingerprint density at radius 3 is 2.88 bits per heavy atom. The molecule has 134 valence electrons.